The lowest BCUT2D eigenvalue weighted by atomic mass is 10.1. The van der Waals surface area contributed by atoms with E-state index in [4.69, 9.17) is 4.74 Å². The molecule has 1 amide bonds. The Balaban J connectivity index is 1.37. The third-order valence-electron chi connectivity index (χ3n) is 5.68. The second kappa shape index (κ2) is 11.3. The molecule has 4 aromatic rings. The molecule has 1 aromatic heterocycles. The molecular weight excluding hydrogens is 424 g/mol. The molecule has 0 aliphatic carbocycles. The summed E-state index contributed by atoms with van der Waals surface area (Å²) in [5.41, 5.74) is 3.69. The Kier molecular flexibility index (Phi) is 7.71. The van der Waals surface area contributed by atoms with Crippen LogP contribution in [0.25, 0.3) is 17.1 Å². The highest BCUT2D eigenvalue weighted by Gasteiger charge is 2.14. The topological polar surface area (TPSA) is 69.0 Å². The molecule has 0 fully saturated rings. The number of aromatic nitrogens is 3. The van der Waals surface area contributed by atoms with E-state index >= 15 is 0 Å². The summed E-state index contributed by atoms with van der Waals surface area (Å²) >= 11 is 0. The van der Waals surface area contributed by atoms with Crippen molar-refractivity contribution in [3.05, 3.63) is 95.8 Å². The van der Waals surface area contributed by atoms with Gasteiger partial charge < -0.3 is 10.1 Å². The molecule has 1 N–H and O–H groups in total. The van der Waals surface area contributed by atoms with Crippen molar-refractivity contribution >= 4 is 5.91 Å². The number of unbranched alkanes of at least 4 members (excludes halogenated alkanes) is 2. The van der Waals surface area contributed by atoms with Crippen LogP contribution in [0.4, 0.5) is 0 Å². The molecule has 0 radical (unpaired) electrons. The van der Waals surface area contributed by atoms with Crippen LogP contribution in [-0.4, -0.2) is 34.3 Å². The quantitative estimate of drug-likeness (QED) is 0.326. The average Bonchev–Trinajstić information content (AvgIpc) is 3.28. The second-order valence-electron chi connectivity index (χ2n) is 8.23. The number of hydrogen-bond acceptors (Lipinski definition) is 4. The van der Waals surface area contributed by atoms with Gasteiger partial charge in [0.15, 0.2) is 5.82 Å². The maximum Gasteiger partial charge on any atom is 0.251 e. The Hall–Kier alpha value is -3.93. The first kappa shape index (κ1) is 23.2. The Bertz CT molecular complexity index is 1220. The average molecular weight is 455 g/mol. The molecule has 0 saturated carbocycles. The van der Waals surface area contributed by atoms with Crippen LogP contribution < -0.4 is 10.1 Å². The highest BCUT2D eigenvalue weighted by atomic mass is 16.5. The summed E-state index contributed by atoms with van der Waals surface area (Å²) in [5, 5.41) is 7.61. The minimum absolute atomic E-state index is 0.0762. The van der Waals surface area contributed by atoms with Crippen molar-refractivity contribution in [2.24, 2.45) is 0 Å². The number of nitrogens with zero attached hydrogens (tertiary/aromatic N) is 3. The number of carbonyl (C=O) groups is 1. The largest absolute Gasteiger partial charge is 0.497 e. The van der Waals surface area contributed by atoms with E-state index in [0.29, 0.717) is 17.9 Å². The second-order valence-corrected chi connectivity index (χ2v) is 8.23. The number of benzene rings is 3. The van der Waals surface area contributed by atoms with Gasteiger partial charge in [0.25, 0.3) is 5.91 Å². The molecule has 0 aliphatic rings. The first-order chi connectivity index (χ1) is 16.6. The third kappa shape index (κ3) is 5.90. The van der Waals surface area contributed by atoms with Crippen molar-refractivity contribution in [3.8, 4) is 22.8 Å². The Morgan fingerprint density at radius 1 is 0.941 bits per heavy atom. The number of nitrogens with one attached hydrogen (secondary N) is 1. The first-order valence-electron chi connectivity index (χ1n) is 11.6. The van der Waals surface area contributed by atoms with E-state index in [1.54, 1.807) is 11.8 Å². The SMILES string of the molecule is COc1ccc(-c2nc(C)nn2-c2cccc(C(=O)NCCCCCc3ccccc3)c2)cc1. The highest BCUT2D eigenvalue weighted by molar-refractivity contribution is 5.94. The number of hydrogen-bond donors (Lipinski definition) is 1. The molecule has 0 saturated heterocycles. The van der Waals surface area contributed by atoms with Gasteiger partial charge in [0.2, 0.25) is 0 Å². The number of aryl methyl sites for hydroxylation is 2. The van der Waals surface area contributed by atoms with Gasteiger partial charge >= 0.3 is 0 Å². The maximum absolute atomic E-state index is 12.7. The molecule has 34 heavy (non-hydrogen) atoms. The number of ether oxygens (including phenoxy) is 1. The summed E-state index contributed by atoms with van der Waals surface area (Å²) in [6, 6.07) is 25.7. The van der Waals surface area contributed by atoms with Crippen molar-refractivity contribution in [1.82, 2.24) is 20.1 Å². The van der Waals surface area contributed by atoms with Crippen LogP contribution in [0, 0.1) is 6.92 Å². The molecule has 6 heteroatoms. The molecule has 0 atom stereocenters. The van der Waals surface area contributed by atoms with Crippen molar-refractivity contribution in [3.63, 3.8) is 0 Å². The van der Waals surface area contributed by atoms with Crippen LogP contribution in [-0.2, 0) is 6.42 Å². The summed E-state index contributed by atoms with van der Waals surface area (Å²) in [4.78, 5) is 17.3. The monoisotopic (exact) mass is 454 g/mol. The maximum atomic E-state index is 12.7. The summed E-state index contributed by atoms with van der Waals surface area (Å²) in [6.45, 7) is 2.52. The van der Waals surface area contributed by atoms with Gasteiger partial charge in [-0.3, -0.25) is 4.79 Å². The molecule has 0 spiro atoms. The number of methoxy groups -OCH3 is 1. The molecule has 1 heterocycles. The van der Waals surface area contributed by atoms with Gasteiger partial charge in [0.05, 0.1) is 12.8 Å². The fourth-order valence-corrected chi connectivity index (χ4v) is 3.88. The Morgan fingerprint density at radius 2 is 1.74 bits per heavy atom. The van der Waals surface area contributed by atoms with E-state index in [1.807, 2.05) is 61.5 Å². The predicted molar refractivity (Wildman–Crippen MR) is 134 cm³/mol. The molecule has 3 aromatic carbocycles. The normalized spacial score (nSPS) is 10.8. The van der Waals surface area contributed by atoms with E-state index in [2.05, 4.69) is 39.7 Å². The lowest BCUT2D eigenvalue weighted by Crippen LogP contribution is -2.24. The van der Waals surface area contributed by atoms with Crippen molar-refractivity contribution in [2.45, 2.75) is 32.6 Å². The Morgan fingerprint density at radius 3 is 2.50 bits per heavy atom. The van der Waals surface area contributed by atoms with Crippen LogP contribution >= 0.6 is 0 Å². The fraction of sp³-hybridized carbons (Fsp3) is 0.250. The minimum Gasteiger partial charge on any atom is -0.497 e. The number of rotatable bonds is 10. The minimum atomic E-state index is -0.0762. The van der Waals surface area contributed by atoms with Crippen LogP contribution in [0.2, 0.25) is 0 Å². The standard InChI is InChI=1S/C28H30N4O2/c1-21-30-27(23-15-17-26(34-2)18-16-23)32(31-21)25-14-9-13-24(20-25)28(33)29-19-8-4-7-12-22-10-5-3-6-11-22/h3,5-6,9-11,13-18,20H,4,7-8,12,19H2,1-2H3,(H,29,33). The van der Waals surface area contributed by atoms with Gasteiger partial charge in [-0.25, -0.2) is 9.67 Å². The van der Waals surface area contributed by atoms with Crippen molar-refractivity contribution < 1.29 is 9.53 Å². The van der Waals surface area contributed by atoms with E-state index in [1.165, 1.54) is 5.56 Å². The zero-order chi connectivity index (χ0) is 23.8. The molecule has 0 bridgehead atoms. The zero-order valence-electron chi connectivity index (χ0n) is 19.7. The molecule has 4 rings (SSSR count). The van der Waals surface area contributed by atoms with Gasteiger partial charge in [-0.2, -0.15) is 5.10 Å². The van der Waals surface area contributed by atoms with Crippen LogP contribution in [0.1, 0.15) is 41.0 Å². The van der Waals surface area contributed by atoms with Gasteiger partial charge in [0.1, 0.15) is 11.6 Å². The van der Waals surface area contributed by atoms with Crippen LogP contribution in [0.5, 0.6) is 5.75 Å². The highest BCUT2D eigenvalue weighted by Crippen LogP contribution is 2.24. The smallest absolute Gasteiger partial charge is 0.251 e. The van der Waals surface area contributed by atoms with Gasteiger partial charge in [-0.1, -0.05) is 42.8 Å². The van der Waals surface area contributed by atoms with Crippen LogP contribution in [0.3, 0.4) is 0 Å². The zero-order valence-corrected chi connectivity index (χ0v) is 19.7. The van der Waals surface area contributed by atoms with E-state index < -0.39 is 0 Å². The first-order valence-corrected chi connectivity index (χ1v) is 11.6. The lowest BCUT2D eigenvalue weighted by Gasteiger charge is -2.09. The molecule has 0 aliphatic heterocycles. The summed E-state index contributed by atoms with van der Waals surface area (Å²) in [7, 11) is 1.64. The fourth-order valence-electron chi connectivity index (χ4n) is 3.88. The molecule has 174 valence electrons. The third-order valence-corrected chi connectivity index (χ3v) is 5.68. The van der Waals surface area contributed by atoms with Crippen molar-refractivity contribution in [2.75, 3.05) is 13.7 Å². The van der Waals surface area contributed by atoms with Gasteiger partial charge in [-0.05, 0) is 74.2 Å². The molecule has 6 nitrogen and oxygen atoms in total. The predicted octanol–water partition coefficient (Wildman–Crippen LogP) is 5.39. The number of amides is 1. The summed E-state index contributed by atoms with van der Waals surface area (Å²) in [5.74, 6) is 2.09. The van der Waals surface area contributed by atoms with E-state index in [-0.39, 0.29) is 5.91 Å². The van der Waals surface area contributed by atoms with Gasteiger partial charge in [-0.15, -0.1) is 0 Å². The Labute approximate surface area is 200 Å². The van der Waals surface area contributed by atoms with Crippen molar-refractivity contribution in [1.29, 1.82) is 0 Å². The van der Waals surface area contributed by atoms with E-state index in [9.17, 15) is 4.79 Å². The number of carbonyl (C=O) groups excluding carboxylic acids is 1. The lowest BCUT2D eigenvalue weighted by molar-refractivity contribution is 0.0953. The summed E-state index contributed by atoms with van der Waals surface area (Å²) in [6.07, 6.45) is 4.24. The van der Waals surface area contributed by atoms with E-state index in [0.717, 1.165) is 48.5 Å². The molecule has 0 unspecified atom stereocenters. The van der Waals surface area contributed by atoms with Gasteiger partial charge in [0, 0.05) is 17.7 Å². The molecular formula is C28H30N4O2. The summed E-state index contributed by atoms with van der Waals surface area (Å²) < 4.78 is 7.03. The van der Waals surface area contributed by atoms with Crippen LogP contribution in [0.15, 0.2) is 78.9 Å².